The van der Waals surface area contributed by atoms with Crippen molar-refractivity contribution in [2.45, 2.75) is 88.9 Å². The van der Waals surface area contributed by atoms with Crippen LogP contribution in [0.5, 0.6) is 0 Å². The Morgan fingerprint density at radius 1 is 1.31 bits per heavy atom. The molecule has 0 aromatic heterocycles. The number of fused-ring (bicyclic) bond motifs is 1. The van der Waals surface area contributed by atoms with Gasteiger partial charge in [0.2, 0.25) is 11.8 Å². The number of alkyl halides is 1. The van der Waals surface area contributed by atoms with E-state index < -0.39 is 41.1 Å². The van der Waals surface area contributed by atoms with Crippen molar-refractivity contribution in [2.24, 2.45) is 17.3 Å². The summed E-state index contributed by atoms with van der Waals surface area (Å²) >= 11 is 3.62. The number of carbonyl (C=O) groups excluding carboxylic acids is 3. The molecule has 3 fully saturated rings. The van der Waals surface area contributed by atoms with Crippen molar-refractivity contribution in [1.82, 2.24) is 10.2 Å². The van der Waals surface area contributed by atoms with Gasteiger partial charge in [-0.25, -0.2) is 0 Å². The lowest BCUT2D eigenvalue weighted by molar-refractivity contribution is -0.154. The Bertz CT molecular complexity index is 766. The molecule has 3 heterocycles. The predicted octanol–water partition coefficient (Wildman–Crippen LogP) is 2.01. The highest BCUT2D eigenvalue weighted by molar-refractivity contribution is 9.09. The minimum absolute atomic E-state index is 0.00204. The van der Waals surface area contributed by atoms with Gasteiger partial charge in [0.1, 0.15) is 11.6 Å². The molecule has 3 saturated heterocycles. The fraction of sp³-hybridized carbons (Fsp3) is 0.870. The van der Waals surface area contributed by atoms with Crippen LogP contribution >= 0.6 is 15.9 Å². The molecule has 0 aromatic carbocycles. The molecule has 2 amide bonds. The Hall–Kier alpha value is -1.19. The summed E-state index contributed by atoms with van der Waals surface area (Å²) in [5, 5.41) is 12.5. The number of amides is 2. The van der Waals surface area contributed by atoms with Crippen LogP contribution in [0.25, 0.3) is 0 Å². The van der Waals surface area contributed by atoms with Gasteiger partial charge < -0.3 is 24.8 Å². The molecule has 32 heavy (non-hydrogen) atoms. The molecule has 8 nitrogen and oxygen atoms in total. The number of halogens is 1. The van der Waals surface area contributed by atoms with Gasteiger partial charge in [-0.3, -0.25) is 14.4 Å². The summed E-state index contributed by atoms with van der Waals surface area (Å²) in [7, 11) is 0. The molecule has 3 unspecified atom stereocenters. The number of nitrogens with zero attached hydrogens (tertiary/aromatic N) is 1. The van der Waals surface area contributed by atoms with E-state index in [1.807, 2.05) is 13.8 Å². The maximum absolute atomic E-state index is 13.7. The number of aliphatic hydroxyl groups is 1. The van der Waals surface area contributed by atoms with E-state index >= 15 is 0 Å². The van der Waals surface area contributed by atoms with E-state index in [-0.39, 0.29) is 41.8 Å². The summed E-state index contributed by atoms with van der Waals surface area (Å²) in [5.74, 6) is -2.53. The maximum atomic E-state index is 13.7. The number of rotatable bonds is 8. The van der Waals surface area contributed by atoms with Crippen LogP contribution in [0.4, 0.5) is 0 Å². The van der Waals surface area contributed by atoms with Crippen molar-refractivity contribution in [1.29, 1.82) is 0 Å². The molecule has 182 valence electrons. The second kappa shape index (κ2) is 8.87. The summed E-state index contributed by atoms with van der Waals surface area (Å²) in [4.78, 5) is 41.5. The summed E-state index contributed by atoms with van der Waals surface area (Å²) in [5.41, 5.74) is -1.59. The molecule has 0 radical (unpaired) electrons. The van der Waals surface area contributed by atoms with Gasteiger partial charge >= 0.3 is 5.97 Å². The van der Waals surface area contributed by atoms with Gasteiger partial charge in [0.25, 0.3) is 0 Å². The van der Waals surface area contributed by atoms with E-state index in [2.05, 4.69) is 42.0 Å². The summed E-state index contributed by atoms with van der Waals surface area (Å²) in [6, 6.07) is -0.865. The van der Waals surface area contributed by atoms with Crippen LogP contribution in [0.1, 0.15) is 60.8 Å². The first-order chi connectivity index (χ1) is 14.8. The molecule has 3 aliphatic heterocycles. The van der Waals surface area contributed by atoms with Gasteiger partial charge in [-0.15, -0.1) is 0 Å². The van der Waals surface area contributed by atoms with Crippen LogP contribution in [-0.4, -0.2) is 75.7 Å². The Morgan fingerprint density at radius 2 is 1.97 bits per heavy atom. The number of hydrogen-bond donors (Lipinski definition) is 2. The number of likely N-dealkylation sites (tertiary alicyclic amines) is 1. The van der Waals surface area contributed by atoms with Crippen LogP contribution in [0.3, 0.4) is 0 Å². The number of esters is 1. The maximum Gasteiger partial charge on any atom is 0.312 e. The number of carbonyl (C=O) groups is 3. The fourth-order valence-electron chi connectivity index (χ4n) is 6.19. The molecule has 6 atom stereocenters. The fourth-order valence-corrected chi connectivity index (χ4v) is 7.13. The van der Waals surface area contributed by atoms with Gasteiger partial charge in [0, 0.05) is 23.5 Å². The van der Waals surface area contributed by atoms with Crippen molar-refractivity contribution in [3.8, 4) is 0 Å². The van der Waals surface area contributed by atoms with E-state index in [0.717, 1.165) is 6.42 Å². The zero-order valence-corrected chi connectivity index (χ0v) is 21.5. The third-order valence-corrected chi connectivity index (χ3v) is 7.43. The Labute approximate surface area is 198 Å². The van der Waals surface area contributed by atoms with Gasteiger partial charge in [0.15, 0.2) is 0 Å². The summed E-state index contributed by atoms with van der Waals surface area (Å²) in [6.07, 6.45) is 1.03. The highest BCUT2D eigenvalue weighted by Gasteiger charge is 2.76. The van der Waals surface area contributed by atoms with Gasteiger partial charge in [-0.05, 0) is 45.4 Å². The van der Waals surface area contributed by atoms with Crippen LogP contribution in [-0.2, 0) is 23.9 Å². The average molecular weight is 517 g/mol. The minimum atomic E-state index is -1.09. The zero-order valence-electron chi connectivity index (χ0n) is 19.9. The van der Waals surface area contributed by atoms with Crippen molar-refractivity contribution in [2.75, 3.05) is 19.8 Å². The summed E-state index contributed by atoms with van der Waals surface area (Å²) in [6.45, 7) is 12.4. The molecule has 2 N–H and O–H groups in total. The number of aliphatic hydroxyl groups excluding tert-OH is 1. The monoisotopic (exact) mass is 516 g/mol. The van der Waals surface area contributed by atoms with Crippen LogP contribution in [0.2, 0.25) is 0 Å². The lowest BCUT2D eigenvalue weighted by atomic mass is 9.70. The van der Waals surface area contributed by atoms with Crippen molar-refractivity contribution in [3.63, 3.8) is 0 Å². The second-order valence-electron chi connectivity index (χ2n) is 11.1. The van der Waals surface area contributed by atoms with E-state index in [9.17, 15) is 19.5 Å². The number of hydrogen-bond acceptors (Lipinski definition) is 6. The smallest absolute Gasteiger partial charge is 0.312 e. The van der Waals surface area contributed by atoms with E-state index in [1.54, 1.807) is 6.92 Å². The van der Waals surface area contributed by atoms with Crippen LogP contribution < -0.4 is 5.32 Å². The van der Waals surface area contributed by atoms with Crippen molar-refractivity contribution >= 4 is 33.7 Å². The normalized spacial score (nSPS) is 34.1. The topological polar surface area (TPSA) is 105 Å². The first kappa shape index (κ1) is 25.4. The van der Waals surface area contributed by atoms with E-state index in [0.29, 0.717) is 12.8 Å². The third-order valence-electron chi connectivity index (χ3n) is 6.59. The highest BCUT2D eigenvalue weighted by atomic mass is 79.9. The molecular formula is C23H37BrN2O6. The van der Waals surface area contributed by atoms with Gasteiger partial charge in [-0.2, -0.15) is 0 Å². The SMILES string of the molecule is CCOC(=O)[C@H]1[C@H]2C(=O)N(CCCO)C(C(=O)NC(C)(C)CC(C)(C)C)C23CC(Br)[C@@H]1O3. The molecule has 0 aliphatic carbocycles. The predicted molar refractivity (Wildman–Crippen MR) is 122 cm³/mol. The third kappa shape index (κ3) is 4.44. The van der Waals surface area contributed by atoms with E-state index in [4.69, 9.17) is 9.47 Å². The average Bonchev–Trinajstić information content (AvgIpc) is 3.21. The molecule has 2 bridgehead atoms. The molecule has 9 heteroatoms. The molecule has 1 spiro atoms. The Balaban J connectivity index is 1.97. The molecule has 3 aliphatic rings. The zero-order chi connectivity index (χ0) is 24.1. The lowest BCUT2D eigenvalue weighted by Gasteiger charge is -2.38. The van der Waals surface area contributed by atoms with E-state index in [1.165, 1.54) is 4.90 Å². The van der Waals surface area contributed by atoms with Gasteiger partial charge in [0.05, 0.1) is 24.5 Å². The van der Waals surface area contributed by atoms with Crippen LogP contribution in [0.15, 0.2) is 0 Å². The molecule has 3 rings (SSSR count). The first-order valence-electron chi connectivity index (χ1n) is 11.5. The van der Waals surface area contributed by atoms with Crippen molar-refractivity contribution < 1.29 is 29.0 Å². The van der Waals surface area contributed by atoms with Crippen molar-refractivity contribution in [3.05, 3.63) is 0 Å². The second-order valence-corrected chi connectivity index (χ2v) is 12.3. The number of ether oxygens (including phenoxy) is 2. The van der Waals surface area contributed by atoms with Crippen LogP contribution in [0, 0.1) is 17.3 Å². The quantitative estimate of drug-likeness (QED) is 0.377. The largest absolute Gasteiger partial charge is 0.466 e. The molecular weight excluding hydrogens is 480 g/mol. The summed E-state index contributed by atoms with van der Waals surface area (Å²) < 4.78 is 11.6. The Kier molecular flexibility index (Phi) is 7.05. The van der Waals surface area contributed by atoms with Gasteiger partial charge in [-0.1, -0.05) is 36.7 Å². The minimum Gasteiger partial charge on any atom is -0.466 e. The highest BCUT2D eigenvalue weighted by Crippen LogP contribution is 2.60. The Morgan fingerprint density at radius 3 is 2.53 bits per heavy atom. The lowest BCUT2D eigenvalue weighted by Crippen LogP contribution is -2.59. The molecule has 0 aromatic rings. The first-order valence-corrected chi connectivity index (χ1v) is 12.4. The molecule has 0 saturated carbocycles. The number of nitrogens with one attached hydrogen (secondary N) is 1. The standard InChI is InChI=1S/C23H37BrN2O6/c1-7-31-20(30)14-15-19(29)26(9-8-10-27)17(23(15)11-13(24)16(14)32-23)18(28)25-22(5,6)12-21(2,3)4/h13-17,27H,7-12H2,1-6H3,(H,25,28)/t13?,14-,15-,16-,17?,23?/m0/s1.